The Bertz CT molecular complexity index is 482. The van der Waals surface area contributed by atoms with Gasteiger partial charge in [0.2, 0.25) is 0 Å². The molecule has 82 valence electrons. The molecule has 0 aliphatic carbocycles. The van der Waals surface area contributed by atoms with Crippen molar-refractivity contribution >= 4 is 17.7 Å². The summed E-state index contributed by atoms with van der Waals surface area (Å²) in [5, 5.41) is 15.9. The Kier molecular flexibility index (Phi) is 3.26. The van der Waals surface area contributed by atoms with Crippen LogP contribution in [0.2, 0.25) is 0 Å². The maximum atomic E-state index is 10.8. The first-order valence-corrected chi connectivity index (χ1v) is 5.69. The van der Waals surface area contributed by atoms with Crippen LogP contribution in [0, 0.1) is 0 Å². The van der Waals surface area contributed by atoms with E-state index in [-0.39, 0.29) is 5.56 Å². The highest BCUT2D eigenvalue weighted by molar-refractivity contribution is 7.98. The van der Waals surface area contributed by atoms with E-state index in [1.54, 1.807) is 0 Å². The van der Waals surface area contributed by atoms with E-state index < -0.39 is 5.97 Å². The van der Waals surface area contributed by atoms with Gasteiger partial charge in [0.1, 0.15) is 10.6 Å². The Morgan fingerprint density at radius 2 is 2.12 bits per heavy atom. The molecule has 5 heteroatoms. The lowest BCUT2D eigenvalue weighted by Gasteiger charge is -1.99. The number of nitrogens with zero attached hydrogens (tertiary/aromatic N) is 1. The standard InChI is InChI=1S/C11H10N2O2S/c14-11(15)9-6-12-13-10(9)16-7-8-4-2-1-3-5-8/h1-6H,7H2,(H,12,13)(H,14,15). The van der Waals surface area contributed by atoms with Gasteiger partial charge < -0.3 is 5.11 Å². The van der Waals surface area contributed by atoms with Gasteiger partial charge in [-0.05, 0) is 5.56 Å². The van der Waals surface area contributed by atoms with Gasteiger partial charge in [0.25, 0.3) is 0 Å². The van der Waals surface area contributed by atoms with E-state index in [9.17, 15) is 4.79 Å². The van der Waals surface area contributed by atoms with Gasteiger partial charge in [-0.15, -0.1) is 0 Å². The second-order valence-electron chi connectivity index (χ2n) is 3.18. The number of rotatable bonds is 4. The third-order valence-corrected chi connectivity index (χ3v) is 3.12. The third kappa shape index (κ3) is 2.43. The van der Waals surface area contributed by atoms with Crippen molar-refractivity contribution in [2.75, 3.05) is 0 Å². The minimum absolute atomic E-state index is 0.223. The largest absolute Gasteiger partial charge is 0.478 e. The summed E-state index contributed by atoms with van der Waals surface area (Å²) in [5.41, 5.74) is 1.37. The van der Waals surface area contributed by atoms with E-state index >= 15 is 0 Å². The SMILES string of the molecule is O=C(O)c1c[nH]nc1SCc1ccccc1. The summed E-state index contributed by atoms with van der Waals surface area (Å²) in [6.45, 7) is 0. The van der Waals surface area contributed by atoms with Crippen molar-refractivity contribution in [3.8, 4) is 0 Å². The minimum atomic E-state index is -0.954. The molecule has 0 atom stereocenters. The first-order chi connectivity index (χ1) is 7.77. The minimum Gasteiger partial charge on any atom is -0.478 e. The van der Waals surface area contributed by atoms with Crippen LogP contribution in [0.5, 0.6) is 0 Å². The van der Waals surface area contributed by atoms with Crippen LogP contribution in [-0.2, 0) is 5.75 Å². The lowest BCUT2D eigenvalue weighted by atomic mass is 10.2. The Balaban J connectivity index is 2.05. The summed E-state index contributed by atoms with van der Waals surface area (Å²) >= 11 is 1.41. The second-order valence-corrected chi connectivity index (χ2v) is 4.15. The number of benzene rings is 1. The maximum Gasteiger partial charge on any atom is 0.340 e. The Labute approximate surface area is 96.7 Å². The van der Waals surface area contributed by atoms with E-state index in [0.29, 0.717) is 10.8 Å². The quantitative estimate of drug-likeness (QED) is 0.797. The molecule has 1 aromatic heterocycles. The van der Waals surface area contributed by atoms with Crippen LogP contribution in [0.25, 0.3) is 0 Å². The molecule has 0 aliphatic heterocycles. The number of aromatic amines is 1. The molecule has 16 heavy (non-hydrogen) atoms. The number of aromatic carboxylic acids is 1. The molecule has 0 aliphatic rings. The van der Waals surface area contributed by atoms with Gasteiger partial charge >= 0.3 is 5.97 Å². The zero-order chi connectivity index (χ0) is 11.4. The zero-order valence-electron chi connectivity index (χ0n) is 8.38. The molecule has 0 fully saturated rings. The molecule has 4 nitrogen and oxygen atoms in total. The van der Waals surface area contributed by atoms with Crippen LogP contribution in [0.4, 0.5) is 0 Å². The highest BCUT2D eigenvalue weighted by Crippen LogP contribution is 2.23. The maximum absolute atomic E-state index is 10.8. The summed E-state index contributed by atoms with van der Waals surface area (Å²) in [5.74, 6) is -0.240. The smallest absolute Gasteiger partial charge is 0.340 e. The predicted molar refractivity (Wildman–Crippen MR) is 61.6 cm³/mol. The summed E-state index contributed by atoms with van der Waals surface area (Å²) in [4.78, 5) is 10.8. The fourth-order valence-corrected chi connectivity index (χ4v) is 2.18. The first-order valence-electron chi connectivity index (χ1n) is 4.71. The number of nitrogens with one attached hydrogen (secondary N) is 1. The van der Waals surface area contributed by atoms with Gasteiger partial charge in [-0.25, -0.2) is 4.79 Å². The van der Waals surface area contributed by atoms with Crippen molar-refractivity contribution in [1.82, 2.24) is 10.2 Å². The van der Waals surface area contributed by atoms with Crippen LogP contribution < -0.4 is 0 Å². The number of hydrogen-bond donors (Lipinski definition) is 2. The molecular formula is C11H10N2O2S. The van der Waals surface area contributed by atoms with Gasteiger partial charge in [-0.2, -0.15) is 5.10 Å². The summed E-state index contributed by atoms with van der Waals surface area (Å²) in [6.07, 6.45) is 1.40. The molecular weight excluding hydrogens is 224 g/mol. The van der Waals surface area contributed by atoms with Gasteiger partial charge in [-0.1, -0.05) is 42.1 Å². The number of aromatic nitrogens is 2. The Morgan fingerprint density at radius 1 is 1.38 bits per heavy atom. The molecule has 0 spiro atoms. The van der Waals surface area contributed by atoms with Crippen molar-refractivity contribution in [2.45, 2.75) is 10.8 Å². The van der Waals surface area contributed by atoms with Gasteiger partial charge in [0, 0.05) is 11.9 Å². The van der Waals surface area contributed by atoms with E-state index in [4.69, 9.17) is 5.11 Å². The summed E-state index contributed by atoms with van der Waals surface area (Å²) < 4.78 is 0. The van der Waals surface area contributed by atoms with E-state index in [1.807, 2.05) is 30.3 Å². The predicted octanol–water partition coefficient (Wildman–Crippen LogP) is 2.40. The zero-order valence-corrected chi connectivity index (χ0v) is 9.20. The fourth-order valence-electron chi connectivity index (χ4n) is 1.27. The Morgan fingerprint density at radius 3 is 2.81 bits per heavy atom. The van der Waals surface area contributed by atoms with Gasteiger partial charge in [-0.3, -0.25) is 5.10 Å². The molecule has 2 aromatic rings. The van der Waals surface area contributed by atoms with Crippen molar-refractivity contribution in [3.05, 3.63) is 47.7 Å². The van der Waals surface area contributed by atoms with Gasteiger partial charge in [0.05, 0.1) is 0 Å². The highest BCUT2D eigenvalue weighted by atomic mass is 32.2. The number of H-pyrrole nitrogens is 1. The first kappa shape index (κ1) is 10.8. The average molecular weight is 234 g/mol. The van der Waals surface area contributed by atoms with Gasteiger partial charge in [0.15, 0.2) is 0 Å². The topological polar surface area (TPSA) is 66.0 Å². The van der Waals surface area contributed by atoms with E-state index in [1.165, 1.54) is 18.0 Å². The molecule has 0 bridgehead atoms. The number of carboxylic acid groups (broad SMARTS) is 1. The highest BCUT2D eigenvalue weighted by Gasteiger charge is 2.12. The van der Waals surface area contributed by atoms with Crippen LogP contribution in [0.15, 0.2) is 41.6 Å². The van der Waals surface area contributed by atoms with Crippen molar-refractivity contribution < 1.29 is 9.90 Å². The monoisotopic (exact) mass is 234 g/mol. The summed E-state index contributed by atoms with van der Waals surface area (Å²) in [7, 11) is 0. The fraction of sp³-hybridized carbons (Fsp3) is 0.0909. The molecule has 0 radical (unpaired) electrons. The average Bonchev–Trinajstić information content (AvgIpc) is 2.76. The Hall–Kier alpha value is -1.75. The second kappa shape index (κ2) is 4.85. The van der Waals surface area contributed by atoms with Crippen molar-refractivity contribution in [1.29, 1.82) is 0 Å². The number of carboxylic acids is 1. The molecule has 1 aromatic carbocycles. The van der Waals surface area contributed by atoms with Crippen molar-refractivity contribution in [3.63, 3.8) is 0 Å². The molecule has 0 amide bonds. The lowest BCUT2D eigenvalue weighted by Crippen LogP contribution is -1.95. The van der Waals surface area contributed by atoms with E-state index in [2.05, 4.69) is 10.2 Å². The molecule has 1 heterocycles. The van der Waals surface area contributed by atoms with Crippen LogP contribution >= 0.6 is 11.8 Å². The van der Waals surface area contributed by atoms with Crippen LogP contribution in [-0.4, -0.2) is 21.3 Å². The van der Waals surface area contributed by atoms with E-state index in [0.717, 1.165) is 5.56 Å². The molecule has 2 N–H and O–H groups in total. The molecule has 0 saturated heterocycles. The van der Waals surface area contributed by atoms with Crippen molar-refractivity contribution in [2.24, 2.45) is 0 Å². The lowest BCUT2D eigenvalue weighted by molar-refractivity contribution is 0.0693. The number of thioether (sulfide) groups is 1. The number of carbonyl (C=O) groups is 1. The molecule has 0 unspecified atom stereocenters. The normalized spacial score (nSPS) is 10.2. The third-order valence-electron chi connectivity index (χ3n) is 2.05. The number of hydrogen-bond acceptors (Lipinski definition) is 3. The van der Waals surface area contributed by atoms with Crippen LogP contribution in [0.1, 0.15) is 15.9 Å². The summed E-state index contributed by atoms with van der Waals surface area (Å²) in [6, 6.07) is 9.86. The van der Waals surface area contributed by atoms with Crippen LogP contribution in [0.3, 0.4) is 0 Å². The molecule has 2 rings (SSSR count). The molecule has 0 saturated carbocycles.